The molecule has 1 heterocycles. The van der Waals surface area contributed by atoms with Crippen molar-refractivity contribution in [3.05, 3.63) is 95.2 Å². The first-order valence-corrected chi connectivity index (χ1v) is 12.0. The van der Waals surface area contributed by atoms with Gasteiger partial charge >= 0.3 is 0 Å². The third kappa shape index (κ3) is 4.84. The van der Waals surface area contributed by atoms with Crippen molar-refractivity contribution in [1.29, 1.82) is 0 Å². The molecule has 0 atom stereocenters. The van der Waals surface area contributed by atoms with Crippen LogP contribution in [-0.4, -0.2) is 27.4 Å². The summed E-state index contributed by atoms with van der Waals surface area (Å²) in [4.78, 5) is 13.3. The Morgan fingerprint density at radius 3 is 2.33 bits per heavy atom. The molecule has 0 bridgehead atoms. The highest BCUT2D eigenvalue weighted by atomic mass is 32.2. The van der Waals surface area contributed by atoms with Crippen LogP contribution < -0.4 is 4.74 Å². The highest BCUT2D eigenvalue weighted by molar-refractivity contribution is 7.86. The molecule has 0 N–H and O–H groups in total. The van der Waals surface area contributed by atoms with E-state index in [1.165, 1.54) is 6.07 Å². The van der Waals surface area contributed by atoms with Gasteiger partial charge in [-0.15, -0.1) is 0 Å². The van der Waals surface area contributed by atoms with E-state index in [0.29, 0.717) is 40.2 Å². The maximum absolute atomic E-state index is 13.2. The summed E-state index contributed by atoms with van der Waals surface area (Å²) in [6.45, 7) is 3.58. The predicted octanol–water partition coefficient (Wildman–Crippen LogP) is 5.32. The minimum atomic E-state index is -3.85. The molecule has 7 heteroatoms. The SMILES string of the molecule is CCc1oc2ccccc2c1C(=O)c1ccc(OCCOS(=O)(=O)c2ccccc2C)cc1. The Balaban J connectivity index is 1.39. The first-order valence-electron chi connectivity index (χ1n) is 10.6. The van der Waals surface area contributed by atoms with Crippen molar-refractivity contribution >= 4 is 26.9 Å². The smallest absolute Gasteiger partial charge is 0.297 e. The van der Waals surface area contributed by atoms with Gasteiger partial charge in [-0.2, -0.15) is 8.42 Å². The predicted molar refractivity (Wildman–Crippen MR) is 125 cm³/mol. The Hall–Kier alpha value is -3.42. The summed E-state index contributed by atoms with van der Waals surface area (Å²) in [5.74, 6) is 1.06. The van der Waals surface area contributed by atoms with Gasteiger partial charge in [0, 0.05) is 17.4 Å². The van der Waals surface area contributed by atoms with E-state index in [0.717, 1.165) is 5.39 Å². The molecular weight excluding hydrogens is 440 g/mol. The van der Waals surface area contributed by atoms with Crippen LogP contribution >= 0.6 is 0 Å². The second kappa shape index (κ2) is 9.60. The highest BCUT2D eigenvalue weighted by Gasteiger charge is 2.21. The largest absolute Gasteiger partial charge is 0.491 e. The number of hydrogen-bond donors (Lipinski definition) is 0. The van der Waals surface area contributed by atoms with Gasteiger partial charge in [0.1, 0.15) is 30.3 Å². The lowest BCUT2D eigenvalue weighted by Crippen LogP contribution is -2.14. The number of benzene rings is 3. The monoisotopic (exact) mass is 464 g/mol. The number of ether oxygens (including phenoxy) is 1. The molecule has 0 saturated heterocycles. The Labute approximate surface area is 192 Å². The molecule has 170 valence electrons. The van der Waals surface area contributed by atoms with Crippen LogP contribution in [0.3, 0.4) is 0 Å². The van der Waals surface area contributed by atoms with Crippen molar-refractivity contribution in [3.8, 4) is 5.75 Å². The van der Waals surface area contributed by atoms with Crippen molar-refractivity contribution in [2.24, 2.45) is 0 Å². The van der Waals surface area contributed by atoms with Crippen molar-refractivity contribution in [1.82, 2.24) is 0 Å². The summed E-state index contributed by atoms with van der Waals surface area (Å²) in [5, 5.41) is 0.798. The van der Waals surface area contributed by atoms with Gasteiger partial charge in [0.15, 0.2) is 5.78 Å². The molecular formula is C26H24O6S. The number of rotatable bonds is 9. The molecule has 0 aliphatic heterocycles. The zero-order chi connectivity index (χ0) is 23.4. The molecule has 0 spiro atoms. The zero-order valence-corrected chi connectivity index (χ0v) is 19.2. The van der Waals surface area contributed by atoms with Crippen LogP contribution in [0.5, 0.6) is 5.75 Å². The molecule has 3 aromatic carbocycles. The normalized spacial score (nSPS) is 11.6. The molecule has 0 amide bonds. The second-order valence-corrected chi connectivity index (χ2v) is 9.08. The topological polar surface area (TPSA) is 82.8 Å². The third-order valence-corrected chi connectivity index (χ3v) is 6.76. The minimum absolute atomic E-state index is 0.0464. The fraction of sp³-hybridized carbons (Fsp3) is 0.192. The average Bonchev–Trinajstić information content (AvgIpc) is 3.20. The van der Waals surface area contributed by atoms with Crippen LogP contribution in [0.15, 0.2) is 82.1 Å². The Morgan fingerprint density at radius 1 is 0.909 bits per heavy atom. The average molecular weight is 465 g/mol. The van der Waals surface area contributed by atoms with E-state index in [2.05, 4.69) is 0 Å². The minimum Gasteiger partial charge on any atom is -0.491 e. The molecule has 0 aliphatic carbocycles. The number of furan rings is 1. The molecule has 6 nitrogen and oxygen atoms in total. The maximum Gasteiger partial charge on any atom is 0.297 e. The van der Waals surface area contributed by atoms with Gasteiger partial charge < -0.3 is 9.15 Å². The van der Waals surface area contributed by atoms with Gasteiger partial charge in [0.05, 0.1) is 10.5 Å². The molecule has 33 heavy (non-hydrogen) atoms. The lowest BCUT2D eigenvalue weighted by molar-refractivity contribution is 0.103. The number of para-hydroxylation sites is 1. The molecule has 4 aromatic rings. The number of aryl methyl sites for hydroxylation is 2. The van der Waals surface area contributed by atoms with Gasteiger partial charge in [-0.3, -0.25) is 8.98 Å². The van der Waals surface area contributed by atoms with Crippen LogP contribution in [-0.2, 0) is 20.7 Å². The summed E-state index contributed by atoms with van der Waals surface area (Å²) in [7, 11) is -3.85. The number of fused-ring (bicyclic) bond motifs is 1. The third-order valence-electron chi connectivity index (χ3n) is 5.29. The summed E-state index contributed by atoms with van der Waals surface area (Å²) >= 11 is 0. The standard InChI is InChI=1S/C26H24O6S/c1-3-22-25(21-9-5-6-10-23(21)32-22)26(27)19-12-14-20(15-13-19)30-16-17-31-33(28,29)24-11-7-4-8-18(24)2/h4-15H,3,16-17H2,1-2H3. The first kappa shape index (κ1) is 22.8. The quantitative estimate of drug-likeness (QED) is 0.189. The van der Waals surface area contributed by atoms with Crippen LogP contribution in [0.1, 0.15) is 34.2 Å². The number of ketones is 1. The van der Waals surface area contributed by atoms with Crippen LogP contribution in [0.25, 0.3) is 11.0 Å². The second-order valence-electron chi connectivity index (χ2n) is 7.49. The van der Waals surface area contributed by atoms with E-state index in [9.17, 15) is 13.2 Å². The molecule has 4 rings (SSSR count). The van der Waals surface area contributed by atoms with Crippen LogP contribution in [0.2, 0.25) is 0 Å². The zero-order valence-electron chi connectivity index (χ0n) is 18.4. The van der Waals surface area contributed by atoms with Crippen molar-refractivity contribution in [3.63, 3.8) is 0 Å². The fourth-order valence-electron chi connectivity index (χ4n) is 3.64. The van der Waals surface area contributed by atoms with E-state index in [1.807, 2.05) is 31.2 Å². The van der Waals surface area contributed by atoms with Crippen molar-refractivity contribution in [2.45, 2.75) is 25.2 Å². The summed E-state index contributed by atoms with van der Waals surface area (Å²) in [6, 6.07) is 20.9. The molecule has 1 aromatic heterocycles. The highest BCUT2D eigenvalue weighted by Crippen LogP contribution is 2.29. The van der Waals surface area contributed by atoms with Crippen LogP contribution in [0, 0.1) is 6.92 Å². The lowest BCUT2D eigenvalue weighted by Gasteiger charge is -2.10. The van der Waals surface area contributed by atoms with Crippen molar-refractivity contribution < 1.29 is 26.5 Å². The van der Waals surface area contributed by atoms with Gasteiger partial charge in [-0.25, -0.2) is 0 Å². The maximum atomic E-state index is 13.2. The lowest BCUT2D eigenvalue weighted by atomic mass is 9.99. The number of carbonyl (C=O) groups is 1. The van der Waals surface area contributed by atoms with Gasteiger partial charge in [0.2, 0.25) is 0 Å². The van der Waals surface area contributed by atoms with E-state index in [1.54, 1.807) is 49.4 Å². The molecule has 0 fully saturated rings. The van der Waals surface area contributed by atoms with Crippen molar-refractivity contribution in [2.75, 3.05) is 13.2 Å². The fourth-order valence-corrected chi connectivity index (χ4v) is 4.77. The van der Waals surface area contributed by atoms with Gasteiger partial charge in [0.25, 0.3) is 10.1 Å². The van der Waals surface area contributed by atoms with Crippen LogP contribution in [0.4, 0.5) is 0 Å². The number of hydrogen-bond acceptors (Lipinski definition) is 6. The van der Waals surface area contributed by atoms with E-state index < -0.39 is 10.1 Å². The Morgan fingerprint density at radius 2 is 1.61 bits per heavy atom. The molecule has 0 unspecified atom stereocenters. The van der Waals surface area contributed by atoms with E-state index >= 15 is 0 Å². The molecule has 0 saturated carbocycles. The molecule has 0 radical (unpaired) electrons. The molecule has 0 aliphatic rings. The van der Waals surface area contributed by atoms with Gasteiger partial charge in [-0.1, -0.05) is 43.3 Å². The van der Waals surface area contributed by atoms with Gasteiger partial charge in [-0.05, 0) is 48.9 Å². The summed E-state index contributed by atoms with van der Waals surface area (Å²) < 4.78 is 41.1. The summed E-state index contributed by atoms with van der Waals surface area (Å²) in [5.41, 5.74) is 2.41. The van der Waals surface area contributed by atoms with E-state index in [4.69, 9.17) is 13.3 Å². The first-order chi connectivity index (χ1) is 15.9. The summed E-state index contributed by atoms with van der Waals surface area (Å²) in [6.07, 6.45) is 0.613. The van der Waals surface area contributed by atoms with E-state index in [-0.39, 0.29) is 23.9 Å². The Bertz CT molecular complexity index is 1380. The Kier molecular flexibility index (Phi) is 6.62. The number of carbonyl (C=O) groups excluding carboxylic acids is 1.